The number of carbonyl (C=O) groups is 1. The molecule has 0 bridgehead atoms. The maximum Gasteiger partial charge on any atom is 0.247 e. The quantitative estimate of drug-likeness (QED) is 0.535. The van der Waals surface area contributed by atoms with E-state index in [0.29, 0.717) is 5.69 Å². The second-order valence-corrected chi connectivity index (χ2v) is 2.42. The van der Waals surface area contributed by atoms with Gasteiger partial charge in [-0.1, -0.05) is 6.58 Å². The topological polar surface area (TPSA) is 55.1 Å². The van der Waals surface area contributed by atoms with Gasteiger partial charge in [0.1, 0.15) is 5.82 Å². The van der Waals surface area contributed by atoms with Gasteiger partial charge in [0.25, 0.3) is 0 Å². The Morgan fingerprint density at radius 2 is 2.31 bits per heavy atom. The Kier molecular flexibility index (Phi) is 2.64. The third kappa shape index (κ3) is 2.30. The highest BCUT2D eigenvalue weighted by Gasteiger charge is 2.02. The SMILES string of the molecule is C=CC(=O)Nc1cc(F)ccc1N. The van der Waals surface area contributed by atoms with Gasteiger partial charge in [-0.25, -0.2) is 4.39 Å². The van der Waals surface area contributed by atoms with E-state index in [1.807, 2.05) is 0 Å². The summed E-state index contributed by atoms with van der Waals surface area (Å²) in [5.74, 6) is -0.870. The molecule has 1 rings (SSSR count). The van der Waals surface area contributed by atoms with Gasteiger partial charge in [0, 0.05) is 0 Å². The monoisotopic (exact) mass is 180 g/mol. The third-order valence-corrected chi connectivity index (χ3v) is 1.46. The number of hydrogen-bond acceptors (Lipinski definition) is 2. The van der Waals surface area contributed by atoms with E-state index in [0.717, 1.165) is 12.1 Å². The summed E-state index contributed by atoms with van der Waals surface area (Å²) in [4.78, 5) is 10.8. The van der Waals surface area contributed by atoms with Crippen LogP contribution in [0.4, 0.5) is 15.8 Å². The van der Waals surface area contributed by atoms with Crippen LogP contribution in [0.15, 0.2) is 30.9 Å². The van der Waals surface area contributed by atoms with Crippen LogP contribution < -0.4 is 11.1 Å². The van der Waals surface area contributed by atoms with Gasteiger partial charge in [-0.2, -0.15) is 0 Å². The lowest BCUT2D eigenvalue weighted by molar-refractivity contribution is -0.111. The van der Waals surface area contributed by atoms with Crippen molar-refractivity contribution in [3.63, 3.8) is 0 Å². The zero-order valence-corrected chi connectivity index (χ0v) is 6.88. The first-order valence-corrected chi connectivity index (χ1v) is 3.62. The van der Waals surface area contributed by atoms with Gasteiger partial charge in [0.2, 0.25) is 5.91 Å². The van der Waals surface area contributed by atoms with Crippen LogP contribution in [-0.4, -0.2) is 5.91 Å². The number of carbonyl (C=O) groups excluding carboxylic acids is 1. The molecule has 4 heteroatoms. The first-order chi connectivity index (χ1) is 6.13. The molecule has 0 aliphatic carbocycles. The minimum Gasteiger partial charge on any atom is -0.397 e. The average Bonchev–Trinajstić information content (AvgIpc) is 2.11. The highest BCUT2D eigenvalue weighted by atomic mass is 19.1. The molecule has 68 valence electrons. The lowest BCUT2D eigenvalue weighted by Gasteiger charge is -2.05. The van der Waals surface area contributed by atoms with E-state index in [-0.39, 0.29) is 5.69 Å². The fourth-order valence-corrected chi connectivity index (χ4v) is 0.821. The second-order valence-electron chi connectivity index (χ2n) is 2.42. The molecule has 0 unspecified atom stereocenters. The Bertz CT molecular complexity index is 349. The summed E-state index contributed by atoms with van der Waals surface area (Å²) < 4.78 is 12.7. The van der Waals surface area contributed by atoms with Crippen molar-refractivity contribution in [3.8, 4) is 0 Å². The Morgan fingerprint density at radius 1 is 1.62 bits per heavy atom. The molecule has 13 heavy (non-hydrogen) atoms. The minimum absolute atomic E-state index is 0.255. The normalized spacial score (nSPS) is 9.31. The van der Waals surface area contributed by atoms with Gasteiger partial charge in [-0.3, -0.25) is 4.79 Å². The molecule has 1 amide bonds. The van der Waals surface area contributed by atoms with Gasteiger partial charge in [0.05, 0.1) is 11.4 Å². The van der Waals surface area contributed by atoms with Crippen molar-refractivity contribution in [2.45, 2.75) is 0 Å². The molecular formula is C9H9FN2O. The van der Waals surface area contributed by atoms with Crippen molar-refractivity contribution in [1.82, 2.24) is 0 Å². The minimum atomic E-state index is -0.450. The van der Waals surface area contributed by atoms with Crippen molar-refractivity contribution in [2.24, 2.45) is 0 Å². The number of rotatable bonds is 2. The van der Waals surface area contributed by atoms with Crippen molar-refractivity contribution >= 4 is 17.3 Å². The Balaban J connectivity index is 2.93. The molecule has 0 aliphatic rings. The molecule has 0 spiro atoms. The zero-order chi connectivity index (χ0) is 9.84. The molecule has 0 atom stereocenters. The van der Waals surface area contributed by atoms with Crippen LogP contribution in [0.25, 0.3) is 0 Å². The maximum atomic E-state index is 12.7. The van der Waals surface area contributed by atoms with Gasteiger partial charge in [0.15, 0.2) is 0 Å². The first-order valence-electron chi connectivity index (χ1n) is 3.62. The van der Waals surface area contributed by atoms with E-state index in [1.54, 1.807) is 0 Å². The Hall–Kier alpha value is -1.84. The number of nitrogens with two attached hydrogens (primary N) is 1. The van der Waals surface area contributed by atoms with E-state index in [1.165, 1.54) is 12.1 Å². The first kappa shape index (κ1) is 9.25. The van der Waals surface area contributed by atoms with Gasteiger partial charge < -0.3 is 11.1 Å². The number of benzene rings is 1. The predicted octanol–water partition coefficient (Wildman–Crippen LogP) is 1.53. The van der Waals surface area contributed by atoms with Crippen LogP contribution in [0.2, 0.25) is 0 Å². The molecule has 1 aromatic rings. The number of hydrogen-bond donors (Lipinski definition) is 2. The highest BCUT2D eigenvalue weighted by Crippen LogP contribution is 2.18. The van der Waals surface area contributed by atoms with Crippen molar-refractivity contribution < 1.29 is 9.18 Å². The molecule has 0 radical (unpaired) electrons. The number of amides is 1. The van der Waals surface area contributed by atoms with Gasteiger partial charge in [-0.15, -0.1) is 0 Å². The summed E-state index contributed by atoms with van der Waals surface area (Å²) in [6.45, 7) is 3.26. The summed E-state index contributed by atoms with van der Waals surface area (Å²) in [6.07, 6.45) is 1.09. The molecule has 0 saturated carbocycles. The molecule has 3 N–H and O–H groups in total. The Morgan fingerprint density at radius 3 is 2.92 bits per heavy atom. The van der Waals surface area contributed by atoms with Crippen LogP contribution in [0.3, 0.4) is 0 Å². The number of nitrogen functional groups attached to an aromatic ring is 1. The average molecular weight is 180 g/mol. The Labute approximate surface area is 75.1 Å². The smallest absolute Gasteiger partial charge is 0.247 e. The fourth-order valence-electron chi connectivity index (χ4n) is 0.821. The molecule has 0 aliphatic heterocycles. The fraction of sp³-hybridized carbons (Fsp3) is 0. The molecule has 3 nitrogen and oxygen atoms in total. The highest BCUT2D eigenvalue weighted by molar-refractivity contribution is 6.00. The number of nitrogens with one attached hydrogen (secondary N) is 1. The maximum absolute atomic E-state index is 12.7. The number of halogens is 1. The van der Waals surface area contributed by atoms with Crippen LogP contribution in [0, 0.1) is 5.82 Å². The summed E-state index contributed by atoms with van der Waals surface area (Å²) in [6, 6.07) is 3.75. The molecule has 0 aromatic heterocycles. The van der Waals surface area contributed by atoms with Crippen molar-refractivity contribution in [1.29, 1.82) is 0 Å². The van der Waals surface area contributed by atoms with E-state index in [2.05, 4.69) is 11.9 Å². The van der Waals surface area contributed by atoms with Crippen LogP contribution in [-0.2, 0) is 4.79 Å². The summed E-state index contributed by atoms with van der Waals surface area (Å²) in [5.41, 5.74) is 6.05. The van der Waals surface area contributed by atoms with Crippen LogP contribution in [0.1, 0.15) is 0 Å². The summed E-state index contributed by atoms with van der Waals surface area (Å²) in [5, 5.41) is 2.38. The van der Waals surface area contributed by atoms with Crippen molar-refractivity contribution in [2.75, 3.05) is 11.1 Å². The molecule has 0 fully saturated rings. The summed E-state index contributed by atoms with van der Waals surface area (Å²) >= 11 is 0. The van der Waals surface area contributed by atoms with E-state index >= 15 is 0 Å². The largest absolute Gasteiger partial charge is 0.397 e. The second kappa shape index (κ2) is 3.71. The predicted molar refractivity (Wildman–Crippen MR) is 49.6 cm³/mol. The standard InChI is InChI=1S/C9H9FN2O/c1-2-9(13)12-8-5-6(10)3-4-7(8)11/h2-5H,1,11H2,(H,12,13). The van der Waals surface area contributed by atoms with Gasteiger partial charge >= 0.3 is 0 Å². The zero-order valence-electron chi connectivity index (χ0n) is 6.88. The molecule has 0 saturated heterocycles. The van der Waals surface area contributed by atoms with E-state index in [4.69, 9.17) is 5.73 Å². The number of anilines is 2. The van der Waals surface area contributed by atoms with Crippen LogP contribution >= 0.6 is 0 Å². The summed E-state index contributed by atoms with van der Waals surface area (Å²) in [7, 11) is 0. The van der Waals surface area contributed by atoms with Crippen LogP contribution in [0.5, 0.6) is 0 Å². The molecular weight excluding hydrogens is 171 g/mol. The molecule has 1 aromatic carbocycles. The lowest BCUT2D eigenvalue weighted by Crippen LogP contribution is -2.09. The molecule has 0 heterocycles. The van der Waals surface area contributed by atoms with E-state index < -0.39 is 11.7 Å². The third-order valence-electron chi connectivity index (χ3n) is 1.46. The van der Waals surface area contributed by atoms with Crippen molar-refractivity contribution in [3.05, 3.63) is 36.7 Å². The van der Waals surface area contributed by atoms with E-state index in [9.17, 15) is 9.18 Å². The lowest BCUT2D eigenvalue weighted by atomic mass is 10.2. The van der Waals surface area contributed by atoms with Gasteiger partial charge in [-0.05, 0) is 24.3 Å².